The van der Waals surface area contributed by atoms with Gasteiger partial charge in [0.2, 0.25) is 0 Å². The fraction of sp³-hybridized carbons (Fsp3) is 0.625. The number of hydrogen-bond acceptors (Lipinski definition) is 3. The van der Waals surface area contributed by atoms with E-state index in [2.05, 4.69) is 43.4 Å². The summed E-state index contributed by atoms with van der Waals surface area (Å²) in [6.07, 6.45) is 3.13. The van der Waals surface area contributed by atoms with Crippen molar-refractivity contribution < 1.29 is 9.47 Å². The summed E-state index contributed by atoms with van der Waals surface area (Å²) in [5.41, 5.74) is 2.59. The van der Waals surface area contributed by atoms with Crippen molar-refractivity contribution in [3.63, 3.8) is 0 Å². The van der Waals surface area contributed by atoms with Gasteiger partial charge in [0, 0.05) is 14.2 Å². The van der Waals surface area contributed by atoms with E-state index >= 15 is 0 Å². The molecule has 0 aromatic heterocycles. The smallest absolute Gasteiger partial charge is 0.176 e. The molecule has 1 rings (SSSR count). The summed E-state index contributed by atoms with van der Waals surface area (Å²) in [7, 11) is 3.36. The molecular weight excluding hydrogens is 238 g/mol. The molecule has 0 bridgehead atoms. The third-order valence-electron chi connectivity index (χ3n) is 3.23. The maximum atomic E-state index is 5.41. The first-order valence-corrected chi connectivity index (χ1v) is 7.14. The third-order valence-corrected chi connectivity index (χ3v) is 3.23. The van der Waals surface area contributed by atoms with Crippen LogP contribution in [0.4, 0.5) is 0 Å². The van der Waals surface area contributed by atoms with E-state index in [9.17, 15) is 0 Å². The van der Waals surface area contributed by atoms with E-state index < -0.39 is 0 Å². The summed E-state index contributed by atoms with van der Waals surface area (Å²) in [5, 5.41) is 3.49. The minimum Gasteiger partial charge on any atom is -0.354 e. The Morgan fingerprint density at radius 2 is 1.63 bits per heavy atom. The molecule has 3 heteroatoms. The average molecular weight is 265 g/mol. The lowest BCUT2D eigenvalue weighted by Crippen LogP contribution is -2.35. The zero-order valence-corrected chi connectivity index (χ0v) is 12.6. The van der Waals surface area contributed by atoms with Crippen molar-refractivity contribution in [3.8, 4) is 0 Å². The molecule has 108 valence electrons. The quantitative estimate of drug-likeness (QED) is 0.695. The second-order valence-corrected chi connectivity index (χ2v) is 4.76. The molecule has 1 unspecified atom stereocenters. The van der Waals surface area contributed by atoms with Gasteiger partial charge >= 0.3 is 0 Å². The lowest BCUT2D eigenvalue weighted by atomic mass is 10.0. The molecule has 0 fully saturated rings. The standard InChI is InChI=1S/C16H27NO2/c1-5-7-13-8-10-14(11-9-13)15(17-12-6-2)16(18-3)19-4/h8-11,15-17H,5-7,12H2,1-4H3. The molecule has 0 saturated carbocycles. The van der Waals surface area contributed by atoms with Crippen molar-refractivity contribution in [3.05, 3.63) is 35.4 Å². The lowest BCUT2D eigenvalue weighted by molar-refractivity contribution is -0.124. The third kappa shape index (κ3) is 4.94. The lowest BCUT2D eigenvalue weighted by Gasteiger charge is -2.26. The van der Waals surface area contributed by atoms with E-state index in [1.807, 2.05) is 0 Å². The van der Waals surface area contributed by atoms with Crippen molar-refractivity contribution in [1.82, 2.24) is 5.32 Å². The molecule has 1 aromatic rings. The van der Waals surface area contributed by atoms with Crippen LogP contribution >= 0.6 is 0 Å². The maximum absolute atomic E-state index is 5.41. The summed E-state index contributed by atoms with van der Waals surface area (Å²) < 4.78 is 10.8. The minimum absolute atomic E-state index is 0.0747. The molecule has 0 aliphatic carbocycles. The van der Waals surface area contributed by atoms with Crippen molar-refractivity contribution in [2.75, 3.05) is 20.8 Å². The summed E-state index contributed by atoms with van der Waals surface area (Å²) in [6.45, 7) is 5.30. The number of benzene rings is 1. The highest BCUT2D eigenvalue weighted by Crippen LogP contribution is 2.20. The Kier molecular flexibility index (Phi) is 7.72. The molecular formula is C16H27NO2. The van der Waals surface area contributed by atoms with Crippen LogP contribution in [-0.4, -0.2) is 27.1 Å². The summed E-state index contributed by atoms with van der Waals surface area (Å²) in [4.78, 5) is 0. The first-order chi connectivity index (χ1) is 9.26. The van der Waals surface area contributed by atoms with Gasteiger partial charge in [0.1, 0.15) is 0 Å². The molecule has 0 saturated heterocycles. The normalized spacial score (nSPS) is 12.9. The van der Waals surface area contributed by atoms with Crippen molar-refractivity contribution in [1.29, 1.82) is 0 Å². The second kappa shape index (κ2) is 9.08. The van der Waals surface area contributed by atoms with Gasteiger partial charge in [-0.05, 0) is 30.5 Å². The highest BCUT2D eigenvalue weighted by molar-refractivity contribution is 5.25. The van der Waals surface area contributed by atoms with E-state index in [1.165, 1.54) is 17.5 Å². The highest BCUT2D eigenvalue weighted by atomic mass is 16.7. The van der Waals surface area contributed by atoms with E-state index in [4.69, 9.17) is 9.47 Å². The van der Waals surface area contributed by atoms with Crippen molar-refractivity contribution >= 4 is 0 Å². The zero-order chi connectivity index (χ0) is 14.1. The number of ether oxygens (including phenoxy) is 2. The maximum Gasteiger partial charge on any atom is 0.176 e. The Labute approximate surface area is 117 Å². The number of rotatable bonds is 9. The molecule has 3 nitrogen and oxygen atoms in total. The molecule has 0 heterocycles. The topological polar surface area (TPSA) is 30.5 Å². The second-order valence-electron chi connectivity index (χ2n) is 4.76. The minimum atomic E-state index is -0.261. The van der Waals surface area contributed by atoms with Crippen LogP contribution in [0.1, 0.15) is 43.9 Å². The Bertz CT molecular complexity index is 333. The van der Waals surface area contributed by atoms with Gasteiger partial charge in [0.25, 0.3) is 0 Å². The molecule has 0 aliphatic heterocycles. The number of aryl methyl sites for hydroxylation is 1. The molecule has 0 spiro atoms. The van der Waals surface area contributed by atoms with Crippen LogP contribution in [0.25, 0.3) is 0 Å². The van der Waals surface area contributed by atoms with Gasteiger partial charge in [-0.25, -0.2) is 0 Å². The van der Waals surface area contributed by atoms with Crippen LogP contribution in [0.5, 0.6) is 0 Å². The fourth-order valence-corrected chi connectivity index (χ4v) is 2.22. The zero-order valence-electron chi connectivity index (χ0n) is 12.6. The van der Waals surface area contributed by atoms with Crippen molar-refractivity contribution in [2.45, 2.75) is 45.4 Å². The van der Waals surface area contributed by atoms with Gasteiger partial charge in [0.05, 0.1) is 6.04 Å². The van der Waals surface area contributed by atoms with Crippen LogP contribution in [0.3, 0.4) is 0 Å². The largest absolute Gasteiger partial charge is 0.354 e. The summed E-state index contributed by atoms with van der Waals surface area (Å²) in [6, 6.07) is 8.81. The molecule has 1 N–H and O–H groups in total. The molecule has 0 radical (unpaired) electrons. The summed E-state index contributed by atoms with van der Waals surface area (Å²) in [5.74, 6) is 0. The van der Waals surface area contributed by atoms with Crippen molar-refractivity contribution in [2.24, 2.45) is 0 Å². The van der Waals surface area contributed by atoms with Gasteiger partial charge < -0.3 is 14.8 Å². The van der Waals surface area contributed by atoms with Gasteiger partial charge in [0.15, 0.2) is 6.29 Å². The van der Waals surface area contributed by atoms with Crippen LogP contribution in [-0.2, 0) is 15.9 Å². The van der Waals surface area contributed by atoms with E-state index in [0.29, 0.717) is 0 Å². The van der Waals surface area contributed by atoms with E-state index in [-0.39, 0.29) is 12.3 Å². The highest BCUT2D eigenvalue weighted by Gasteiger charge is 2.21. The van der Waals surface area contributed by atoms with Crippen LogP contribution in [0.2, 0.25) is 0 Å². The SMILES string of the molecule is CCCNC(c1ccc(CCC)cc1)C(OC)OC. The van der Waals surface area contributed by atoms with Gasteiger partial charge in [-0.3, -0.25) is 0 Å². The van der Waals surface area contributed by atoms with Crippen LogP contribution in [0.15, 0.2) is 24.3 Å². The average Bonchev–Trinajstić information content (AvgIpc) is 2.45. The molecule has 1 aromatic carbocycles. The molecule has 0 aliphatic rings. The molecule has 1 atom stereocenters. The van der Waals surface area contributed by atoms with E-state index in [1.54, 1.807) is 14.2 Å². The number of methoxy groups -OCH3 is 2. The Hall–Kier alpha value is -0.900. The van der Waals surface area contributed by atoms with Gasteiger partial charge in [-0.2, -0.15) is 0 Å². The number of hydrogen-bond donors (Lipinski definition) is 1. The first kappa shape index (κ1) is 16.2. The Morgan fingerprint density at radius 3 is 2.11 bits per heavy atom. The van der Waals surface area contributed by atoms with E-state index in [0.717, 1.165) is 19.4 Å². The van der Waals surface area contributed by atoms with Crippen LogP contribution < -0.4 is 5.32 Å². The molecule has 19 heavy (non-hydrogen) atoms. The number of nitrogens with one attached hydrogen (secondary N) is 1. The molecule has 0 amide bonds. The predicted octanol–water partition coefficient (Wildman–Crippen LogP) is 3.30. The van der Waals surface area contributed by atoms with Gasteiger partial charge in [-0.1, -0.05) is 44.5 Å². The van der Waals surface area contributed by atoms with Crippen LogP contribution in [0, 0.1) is 0 Å². The van der Waals surface area contributed by atoms with Gasteiger partial charge in [-0.15, -0.1) is 0 Å². The Morgan fingerprint density at radius 1 is 1.00 bits per heavy atom. The monoisotopic (exact) mass is 265 g/mol. The first-order valence-electron chi connectivity index (χ1n) is 7.14. The Balaban J connectivity index is 2.83. The fourth-order valence-electron chi connectivity index (χ4n) is 2.22. The predicted molar refractivity (Wildman–Crippen MR) is 79.3 cm³/mol. The summed E-state index contributed by atoms with van der Waals surface area (Å²) >= 11 is 0.